The number of nitrogens with two attached hydrogens (primary N) is 1. The van der Waals surface area contributed by atoms with Crippen molar-refractivity contribution in [2.24, 2.45) is 4.99 Å². The maximum absolute atomic E-state index is 14.1. The highest BCUT2D eigenvalue weighted by atomic mass is 19.1. The van der Waals surface area contributed by atoms with Crippen LogP contribution in [0.1, 0.15) is 42.4 Å². The molecule has 0 fully saturated rings. The Morgan fingerprint density at radius 2 is 1.94 bits per heavy atom. The highest BCUT2D eigenvalue weighted by Gasteiger charge is 2.28. The Hall–Kier alpha value is -3.59. The number of hydrogen-bond donors (Lipinski definition) is 3. The van der Waals surface area contributed by atoms with Gasteiger partial charge < -0.3 is 10.5 Å². The van der Waals surface area contributed by atoms with E-state index in [4.69, 9.17) is 10.5 Å². The Morgan fingerprint density at radius 1 is 1.16 bits per heavy atom. The van der Waals surface area contributed by atoms with Gasteiger partial charge in [-0.1, -0.05) is 26.0 Å². The van der Waals surface area contributed by atoms with Gasteiger partial charge in [0.1, 0.15) is 5.82 Å². The van der Waals surface area contributed by atoms with Crippen molar-refractivity contribution in [2.45, 2.75) is 33.2 Å². The van der Waals surface area contributed by atoms with Crippen molar-refractivity contribution in [3.63, 3.8) is 0 Å². The minimum Gasteiger partial charge on any atom is -0.481 e. The maximum atomic E-state index is 14.1. The molecule has 0 saturated heterocycles. The number of pyridine rings is 1. The molecule has 3 heterocycles. The third kappa shape index (κ3) is 4.46. The van der Waals surface area contributed by atoms with Crippen molar-refractivity contribution in [3.05, 3.63) is 64.7 Å². The average molecular weight is 424 g/mol. The number of benzene rings is 1. The zero-order chi connectivity index (χ0) is 22.5. The topological polar surface area (TPSA) is 119 Å². The largest absolute Gasteiger partial charge is 0.481 e. The van der Waals surface area contributed by atoms with Crippen LogP contribution in [0.2, 0.25) is 0 Å². The summed E-state index contributed by atoms with van der Waals surface area (Å²) in [5, 5.41) is 9.64. The van der Waals surface area contributed by atoms with E-state index in [0.717, 1.165) is 5.56 Å². The Kier molecular flexibility index (Phi) is 6.76. The van der Waals surface area contributed by atoms with Crippen LogP contribution >= 0.6 is 0 Å². The number of nitrogen functional groups attached to an aromatic ring is 1. The molecular formula is C22H25FN6O2. The van der Waals surface area contributed by atoms with Crippen LogP contribution in [-0.4, -0.2) is 33.1 Å². The predicted molar refractivity (Wildman–Crippen MR) is 117 cm³/mol. The fourth-order valence-electron chi connectivity index (χ4n) is 3.54. The highest BCUT2D eigenvalue weighted by molar-refractivity contribution is 6.01. The number of rotatable bonds is 3. The summed E-state index contributed by atoms with van der Waals surface area (Å²) in [6, 6.07) is 9.29. The lowest BCUT2D eigenvalue weighted by Gasteiger charge is -2.25. The molecule has 0 bridgehead atoms. The van der Waals surface area contributed by atoms with E-state index in [0.29, 0.717) is 40.5 Å². The van der Waals surface area contributed by atoms with Gasteiger partial charge in [-0.05, 0) is 30.7 Å². The Labute approximate surface area is 180 Å². The van der Waals surface area contributed by atoms with Crippen molar-refractivity contribution in [2.75, 3.05) is 12.8 Å². The van der Waals surface area contributed by atoms with Gasteiger partial charge in [0.15, 0.2) is 5.84 Å². The number of aliphatic imine (C=N–C) groups is 1. The number of halogens is 1. The van der Waals surface area contributed by atoms with E-state index in [9.17, 15) is 9.60 Å². The number of ether oxygens (including phenoxy) is 1. The molecule has 1 unspecified atom stereocenters. The molecule has 8 nitrogen and oxygen atoms in total. The first-order chi connectivity index (χ1) is 15.0. The van der Waals surface area contributed by atoms with Crippen molar-refractivity contribution < 1.29 is 14.3 Å². The number of anilines is 1. The van der Waals surface area contributed by atoms with E-state index >= 15 is 0 Å². The van der Waals surface area contributed by atoms with Crippen LogP contribution in [0.3, 0.4) is 0 Å². The van der Waals surface area contributed by atoms with Crippen molar-refractivity contribution in [1.82, 2.24) is 20.4 Å². The molecule has 9 heteroatoms. The third-order valence-electron chi connectivity index (χ3n) is 4.78. The zero-order valence-corrected chi connectivity index (χ0v) is 17.8. The molecule has 4 N–H and O–H groups in total. The number of amidine groups is 1. The minimum absolute atomic E-state index is 0.146. The molecule has 1 atom stereocenters. The predicted octanol–water partition coefficient (Wildman–Crippen LogP) is 3.63. The number of methoxy groups -OCH3 is 1. The first kappa shape index (κ1) is 22.1. The molecule has 0 amide bonds. The monoisotopic (exact) mass is 424 g/mol. The number of aromatic nitrogens is 3. The van der Waals surface area contributed by atoms with Crippen molar-refractivity contribution in [1.29, 1.82) is 0 Å². The van der Waals surface area contributed by atoms with Gasteiger partial charge in [-0.2, -0.15) is 0 Å². The summed E-state index contributed by atoms with van der Waals surface area (Å²) >= 11 is 0. The Balaban J connectivity index is 0.00000132. The fraction of sp³-hybridized carbons (Fsp3) is 0.273. The first-order valence-corrected chi connectivity index (χ1v) is 9.92. The fourth-order valence-corrected chi connectivity index (χ4v) is 3.54. The van der Waals surface area contributed by atoms with Gasteiger partial charge in [-0.15, -0.1) is 0 Å². The van der Waals surface area contributed by atoms with E-state index in [1.807, 2.05) is 13.8 Å². The lowest BCUT2D eigenvalue weighted by Crippen LogP contribution is -2.29. The van der Waals surface area contributed by atoms with Gasteiger partial charge in [0.05, 0.1) is 35.8 Å². The van der Waals surface area contributed by atoms with E-state index < -0.39 is 11.9 Å². The second-order valence-electron chi connectivity index (χ2n) is 6.60. The van der Waals surface area contributed by atoms with Crippen LogP contribution in [-0.2, 0) is 6.42 Å². The summed E-state index contributed by atoms with van der Waals surface area (Å²) in [6.07, 6.45) is 0.413. The summed E-state index contributed by atoms with van der Waals surface area (Å²) in [5.74, 6) is 0.413. The summed E-state index contributed by atoms with van der Waals surface area (Å²) in [7, 11) is 1.52. The van der Waals surface area contributed by atoms with E-state index in [-0.39, 0.29) is 11.8 Å². The molecule has 162 valence electrons. The molecule has 0 saturated carbocycles. The van der Waals surface area contributed by atoms with Crippen LogP contribution in [0.5, 0.6) is 5.88 Å². The molecular weight excluding hydrogens is 399 g/mol. The van der Waals surface area contributed by atoms with E-state index in [1.54, 1.807) is 31.2 Å². The van der Waals surface area contributed by atoms with Gasteiger partial charge in [0, 0.05) is 18.1 Å². The second-order valence-corrected chi connectivity index (χ2v) is 6.60. The molecule has 3 aromatic rings. The van der Waals surface area contributed by atoms with Crippen LogP contribution in [0.25, 0.3) is 11.3 Å². The van der Waals surface area contributed by atoms with Crippen LogP contribution < -0.4 is 16.0 Å². The molecule has 2 aromatic heterocycles. The third-order valence-corrected chi connectivity index (χ3v) is 4.78. The number of nitrogens with one attached hydrogen (secondary N) is 1. The van der Waals surface area contributed by atoms with Crippen LogP contribution in [0, 0.1) is 12.7 Å². The minimum atomic E-state index is -0.436. The standard InChI is InChI=1S/C20H19FN6O2.C2H6/c1-10-18-16(26-20(22)23-10)9-15(25-19(18)27-28)12-7-6-11(21)8-13(12)14-4-3-5-17(24-14)29-2;1-2/h3-8,15,28H,9H2,1-2H3,(H,25,27)(H2,22,23,26);1-2H3. The second kappa shape index (κ2) is 9.48. The molecule has 0 aliphatic carbocycles. The summed E-state index contributed by atoms with van der Waals surface area (Å²) in [6.45, 7) is 5.77. The molecule has 1 aliphatic rings. The average Bonchev–Trinajstić information content (AvgIpc) is 2.79. The van der Waals surface area contributed by atoms with E-state index in [1.165, 1.54) is 19.2 Å². The van der Waals surface area contributed by atoms with E-state index in [2.05, 4.69) is 25.4 Å². The van der Waals surface area contributed by atoms with Gasteiger partial charge in [-0.25, -0.2) is 19.3 Å². The summed E-state index contributed by atoms with van der Waals surface area (Å²) in [5.41, 5.74) is 11.7. The smallest absolute Gasteiger partial charge is 0.220 e. The van der Waals surface area contributed by atoms with Gasteiger partial charge >= 0.3 is 0 Å². The number of nitrogens with zero attached hydrogens (tertiary/aromatic N) is 4. The maximum Gasteiger partial charge on any atom is 0.220 e. The molecule has 1 aromatic carbocycles. The van der Waals surface area contributed by atoms with Gasteiger partial charge in [0.2, 0.25) is 11.8 Å². The van der Waals surface area contributed by atoms with Crippen LogP contribution in [0.4, 0.5) is 10.3 Å². The lowest BCUT2D eigenvalue weighted by atomic mass is 9.91. The number of hydroxylamine groups is 1. The molecule has 31 heavy (non-hydrogen) atoms. The first-order valence-electron chi connectivity index (χ1n) is 9.92. The number of fused-ring (bicyclic) bond motifs is 1. The number of hydrogen-bond acceptors (Lipinski definition) is 8. The van der Waals surface area contributed by atoms with Gasteiger partial charge in [0.25, 0.3) is 0 Å². The summed E-state index contributed by atoms with van der Waals surface area (Å²) in [4.78, 5) is 17.5. The zero-order valence-electron chi connectivity index (χ0n) is 17.8. The van der Waals surface area contributed by atoms with Gasteiger partial charge in [-0.3, -0.25) is 15.7 Å². The highest BCUT2D eigenvalue weighted by Crippen LogP contribution is 2.36. The lowest BCUT2D eigenvalue weighted by molar-refractivity contribution is 0.233. The SMILES string of the molecule is CC.COc1cccc(-c2cc(F)ccc2C2Cc3nc(N)nc(C)c3C(NO)=N2)n1. The normalized spacial score (nSPS) is 14.6. The van der Waals surface area contributed by atoms with Crippen LogP contribution in [0.15, 0.2) is 41.4 Å². The molecule has 0 spiro atoms. The molecule has 1 aliphatic heterocycles. The Morgan fingerprint density at radius 3 is 2.65 bits per heavy atom. The van der Waals surface area contributed by atoms with Crippen molar-refractivity contribution in [3.8, 4) is 17.1 Å². The summed E-state index contributed by atoms with van der Waals surface area (Å²) < 4.78 is 19.3. The molecule has 4 rings (SSSR count). The van der Waals surface area contributed by atoms with Crippen molar-refractivity contribution >= 4 is 11.8 Å². The Bertz CT molecular complexity index is 1120. The quantitative estimate of drug-likeness (QED) is 0.550. The number of aryl methyl sites for hydroxylation is 1. The molecule has 0 radical (unpaired) electrons.